The topological polar surface area (TPSA) is 18.5 Å². The highest BCUT2D eigenvalue weighted by molar-refractivity contribution is 6.74. The van der Waals surface area contributed by atoms with Gasteiger partial charge in [0, 0.05) is 10.6 Å². The molecule has 118 valence electrons. The summed E-state index contributed by atoms with van der Waals surface area (Å²) in [4.78, 5) is 0. The molecule has 0 bridgehead atoms. The number of hydrogen-bond acceptors (Lipinski definition) is 2. The lowest BCUT2D eigenvalue weighted by Crippen LogP contribution is -2.42. The van der Waals surface area contributed by atoms with Gasteiger partial charge in [0.2, 0.25) is 0 Å². The van der Waals surface area contributed by atoms with Crippen molar-refractivity contribution in [3.8, 4) is 5.75 Å². The Balaban J connectivity index is 2.84. The zero-order valence-electron chi connectivity index (χ0n) is 14.2. The highest BCUT2D eigenvalue weighted by Gasteiger charge is 2.37. The first-order valence-corrected chi connectivity index (χ1v) is 10.5. The molecule has 1 aromatic carbocycles. The van der Waals surface area contributed by atoms with Crippen molar-refractivity contribution in [1.82, 2.24) is 0 Å². The van der Waals surface area contributed by atoms with Crippen LogP contribution in [-0.4, -0.2) is 21.5 Å². The van der Waals surface area contributed by atoms with E-state index in [4.69, 9.17) is 20.8 Å². The summed E-state index contributed by atoms with van der Waals surface area (Å²) in [5, 5.41) is 0.913. The van der Waals surface area contributed by atoms with Crippen LogP contribution >= 0.6 is 11.6 Å². The molecule has 4 heteroatoms. The Hall–Kier alpha value is -0.773. The van der Waals surface area contributed by atoms with E-state index in [1.54, 1.807) is 7.11 Å². The highest BCUT2D eigenvalue weighted by Crippen LogP contribution is 2.37. The Morgan fingerprint density at radius 3 is 2.38 bits per heavy atom. The summed E-state index contributed by atoms with van der Waals surface area (Å²) in [5.74, 6) is 0.815. The summed E-state index contributed by atoms with van der Waals surface area (Å²) in [6, 6.07) is 5.60. The number of hydrogen-bond donors (Lipinski definition) is 0. The maximum absolute atomic E-state index is 6.31. The molecule has 0 aromatic heterocycles. The Morgan fingerprint density at radius 2 is 1.86 bits per heavy atom. The molecule has 0 aliphatic heterocycles. The Morgan fingerprint density at radius 1 is 1.24 bits per heavy atom. The van der Waals surface area contributed by atoms with Crippen molar-refractivity contribution >= 4 is 26.0 Å². The van der Waals surface area contributed by atoms with Crippen LogP contribution in [0.4, 0.5) is 0 Å². The minimum atomic E-state index is -1.75. The molecule has 0 saturated heterocycles. The largest absolute Gasteiger partial charge is 0.496 e. The zero-order valence-corrected chi connectivity index (χ0v) is 15.9. The van der Waals surface area contributed by atoms with Crippen LogP contribution in [0.2, 0.25) is 23.2 Å². The van der Waals surface area contributed by atoms with Gasteiger partial charge >= 0.3 is 0 Å². The van der Waals surface area contributed by atoms with Crippen LogP contribution in [-0.2, 0) is 4.43 Å². The number of ether oxygens (including phenoxy) is 1. The van der Waals surface area contributed by atoms with Gasteiger partial charge in [-0.3, -0.25) is 0 Å². The molecule has 0 fully saturated rings. The van der Waals surface area contributed by atoms with Gasteiger partial charge < -0.3 is 9.16 Å². The average Bonchev–Trinajstić information content (AvgIpc) is 2.34. The van der Waals surface area contributed by atoms with Gasteiger partial charge in [-0.15, -0.1) is 0 Å². The smallest absolute Gasteiger partial charge is 0.192 e. The van der Waals surface area contributed by atoms with Gasteiger partial charge in [-0.1, -0.05) is 44.5 Å². The average molecular weight is 327 g/mol. The van der Waals surface area contributed by atoms with Gasteiger partial charge in [-0.05, 0) is 43.3 Å². The quantitative estimate of drug-likeness (QED) is 0.639. The molecule has 0 unspecified atom stereocenters. The number of benzene rings is 1. The van der Waals surface area contributed by atoms with Crippen molar-refractivity contribution in [3.63, 3.8) is 0 Å². The first-order valence-electron chi connectivity index (χ1n) is 7.26. The molecular formula is C17H27ClO2Si. The molecule has 1 atom stereocenters. The lowest BCUT2D eigenvalue weighted by Gasteiger charge is -2.37. The van der Waals surface area contributed by atoms with E-state index in [1.807, 2.05) is 24.3 Å². The maximum Gasteiger partial charge on any atom is 0.192 e. The molecule has 0 spiro atoms. The van der Waals surface area contributed by atoms with Gasteiger partial charge in [0.15, 0.2) is 8.32 Å². The van der Waals surface area contributed by atoms with Crippen LogP contribution in [0.5, 0.6) is 5.75 Å². The van der Waals surface area contributed by atoms with Crippen LogP contribution in [0.15, 0.2) is 24.3 Å². The lowest BCUT2D eigenvalue weighted by molar-refractivity contribution is 0.244. The van der Waals surface area contributed by atoms with Crippen molar-refractivity contribution < 1.29 is 9.16 Å². The molecule has 0 heterocycles. The SMILES string of the molecule is COc1ccc(Cl)cc1/C=C/[C@H](C)O[Si](C)(C)C(C)(C)C. The van der Waals surface area contributed by atoms with Gasteiger partial charge in [0.1, 0.15) is 5.75 Å². The first kappa shape index (κ1) is 18.3. The fourth-order valence-electron chi connectivity index (χ4n) is 1.76. The van der Waals surface area contributed by atoms with E-state index in [0.29, 0.717) is 5.02 Å². The summed E-state index contributed by atoms with van der Waals surface area (Å²) in [6.45, 7) is 13.3. The van der Waals surface area contributed by atoms with Crippen molar-refractivity contribution in [3.05, 3.63) is 34.9 Å². The van der Waals surface area contributed by atoms with Crippen LogP contribution in [0.1, 0.15) is 33.3 Å². The number of methoxy groups -OCH3 is 1. The summed E-state index contributed by atoms with van der Waals surface area (Å²) in [5.41, 5.74) is 0.968. The van der Waals surface area contributed by atoms with E-state index in [-0.39, 0.29) is 11.1 Å². The predicted molar refractivity (Wildman–Crippen MR) is 94.8 cm³/mol. The van der Waals surface area contributed by atoms with Crippen LogP contribution in [0, 0.1) is 0 Å². The van der Waals surface area contributed by atoms with Crippen LogP contribution in [0.3, 0.4) is 0 Å². The molecule has 0 aliphatic carbocycles. The van der Waals surface area contributed by atoms with E-state index in [0.717, 1.165) is 11.3 Å². The first-order chi connectivity index (χ1) is 9.56. The van der Waals surface area contributed by atoms with Gasteiger partial charge in [-0.2, -0.15) is 0 Å². The van der Waals surface area contributed by atoms with Crippen LogP contribution < -0.4 is 4.74 Å². The highest BCUT2D eigenvalue weighted by atomic mass is 35.5. The Labute approximate surface area is 135 Å². The number of rotatable bonds is 5. The standard InChI is InChI=1S/C17H27ClO2Si/c1-13(20-21(6,7)17(2,3)4)8-9-14-12-15(18)10-11-16(14)19-5/h8-13H,1-7H3/b9-8+/t13-/m0/s1. The zero-order chi connectivity index (χ0) is 16.3. The summed E-state index contributed by atoms with van der Waals surface area (Å²) < 4.78 is 11.7. The fourth-order valence-corrected chi connectivity index (χ4v) is 3.30. The van der Waals surface area contributed by atoms with Crippen molar-refractivity contribution in [1.29, 1.82) is 0 Å². The van der Waals surface area contributed by atoms with Gasteiger partial charge in [-0.25, -0.2) is 0 Å². The summed E-state index contributed by atoms with van der Waals surface area (Å²) in [6.07, 6.45) is 4.14. The molecule has 2 nitrogen and oxygen atoms in total. The molecule has 0 amide bonds. The third-order valence-corrected chi connectivity index (χ3v) is 8.83. The summed E-state index contributed by atoms with van der Waals surface area (Å²) >= 11 is 6.04. The van der Waals surface area contributed by atoms with E-state index < -0.39 is 8.32 Å². The monoisotopic (exact) mass is 326 g/mol. The molecule has 21 heavy (non-hydrogen) atoms. The Bertz CT molecular complexity index is 504. The van der Waals surface area contributed by atoms with Crippen LogP contribution in [0.25, 0.3) is 6.08 Å². The predicted octanol–water partition coefficient (Wildman–Crippen LogP) is 5.77. The maximum atomic E-state index is 6.31. The molecule has 0 aliphatic rings. The van der Waals surface area contributed by atoms with Gasteiger partial charge in [0.25, 0.3) is 0 Å². The second-order valence-corrected chi connectivity index (χ2v) is 12.0. The van der Waals surface area contributed by atoms with E-state index in [9.17, 15) is 0 Å². The molecule has 0 N–H and O–H groups in total. The van der Waals surface area contributed by atoms with Crippen molar-refractivity contribution in [2.24, 2.45) is 0 Å². The van der Waals surface area contributed by atoms with E-state index in [2.05, 4.69) is 46.9 Å². The Kier molecular flexibility index (Phi) is 6.08. The molecular weight excluding hydrogens is 300 g/mol. The van der Waals surface area contributed by atoms with Gasteiger partial charge in [0.05, 0.1) is 13.2 Å². The fraction of sp³-hybridized carbons (Fsp3) is 0.529. The normalized spacial score (nSPS) is 14.5. The second-order valence-electron chi connectivity index (χ2n) is 6.83. The molecule has 0 radical (unpaired) electrons. The third kappa shape index (κ3) is 5.17. The lowest BCUT2D eigenvalue weighted by atomic mass is 10.1. The van der Waals surface area contributed by atoms with E-state index in [1.165, 1.54) is 0 Å². The second kappa shape index (κ2) is 6.99. The minimum Gasteiger partial charge on any atom is -0.496 e. The number of halogens is 1. The third-order valence-electron chi connectivity index (χ3n) is 4.03. The molecule has 1 rings (SSSR count). The summed E-state index contributed by atoms with van der Waals surface area (Å²) in [7, 11) is -0.0847. The minimum absolute atomic E-state index is 0.0644. The molecule has 0 saturated carbocycles. The van der Waals surface area contributed by atoms with E-state index >= 15 is 0 Å². The van der Waals surface area contributed by atoms with Crippen molar-refractivity contribution in [2.45, 2.75) is 51.9 Å². The van der Waals surface area contributed by atoms with Crippen molar-refractivity contribution in [2.75, 3.05) is 7.11 Å². The molecule has 1 aromatic rings.